The van der Waals surface area contributed by atoms with Crippen LogP contribution in [0.4, 0.5) is 5.82 Å². The number of carbonyl (C=O) groups excluding carboxylic acids is 1. The van der Waals surface area contributed by atoms with Crippen molar-refractivity contribution in [3.8, 4) is 5.75 Å². The van der Waals surface area contributed by atoms with Gasteiger partial charge in [0.05, 0.1) is 29.5 Å². The van der Waals surface area contributed by atoms with Gasteiger partial charge in [-0.05, 0) is 71.9 Å². The van der Waals surface area contributed by atoms with Gasteiger partial charge in [0.25, 0.3) is 5.91 Å². The van der Waals surface area contributed by atoms with Crippen molar-refractivity contribution in [2.75, 3.05) is 37.7 Å². The van der Waals surface area contributed by atoms with Gasteiger partial charge in [-0.2, -0.15) is 9.61 Å². The van der Waals surface area contributed by atoms with Crippen LogP contribution in [0.15, 0.2) is 30.3 Å². The maximum Gasteiger partial charge on any atom is 0.337 e. The number of piperidine rings is 1. The van der Waals surface area contributed by atoms with Crippen LogP contribution in [0.3, 0.4) is 0 Å². The Morgan fingerprint density at radius 2 is 1.89 bits per heavy atom. The molecule has 3 N–H and O–H groups in total. The lowest BCUT2D eigenvalue weighted by Gasteiger charge is -2.41. The number of aliphatic hydroxyl groups excluding tert-OH is 1. The van der Waals surface area contributed by atoms with E-state index in [1.54, 1.807) is 17.5 Å². The molecular formula is C33H45N5O7. The highest BCUT2D eigenvalue weighted by Crippen LogP contribution is 2.37. The Labute approximate surface area is 263 Å². The van der Waals surface area contributed by atoms with Gasteiger partial charge >= 0.3 is 5.97 Å². The molecule has 3 aromatic rings. The predicted molar refractivity (Wildman–Crippen MR) is 168 cm³/mol. The second kappa shape index (κ2) is 13.3. The summed E-state index contributed by atoms with van der Waals surface area (Å²) in [5, 5.41) is 28.6. The number of carboxylic acid groups (broad SMARTS) is 1. The Hall–Kier alpha value is -3.74. The number of aliphatic hydroxyl groups is 1. The van der Waals surface area contributed by atoms with Crippen molar-refractivity contribution >= 4 is 23.3 Å². The number of carboxylic acids is 1. The number of nitrogens with one attached hydrogen (secondary N) is 1. The van der Waals surface area contributed by atoms with Crippen LogP contribution in [-0.4, -0.2) is 86.8 Å². The van der Waals surface area contributed by atoms with Crippen molar-refractivity contribution < 1.29 is 34.0 Å². The van der Waals surface area contributed by atoms with Crippen molar-refractivity contribution in [2.24, 2.45) is 0 Å². The third-order valence-electron chi connectivity index (χ3n) is 8.29. The smallest absolute Gasteiger partial charge is 0.337 e. The Morgan fingerprint density at radius 3 is 2.60 bits per heavy atom. The monoisotopic (exact) mass is 623 g/mol. The molecule has 0 saturated carbocycles. The fourth-order valence-corrected chi connectivity index (χ4v) is 5.90. The summed E-state index contributed by atoms with van der Waals surface area (Å²) >= 11 is 0. The molecule has 3 aliphatic heterocycles. The van der Waals surface area contributed by atoms with Crippen LogP contribution in [0, 0.1) is 6.92 Å². The third kappa shape index (κ3) is 7.74. The SMILES string of the molecule is Cc1nc2cc3nn2c(c1C(OC(C)(C)C)C(=O)O)N1CCC(C)(CC1)OCCCCOc1ccccc1CC(O)CNC3=O. The highest BCUT2D eigenvalue weighted by atomic mass is 16.5. The van der Waals surface area contributed by atoms with Gasteiger partial charge in [0.2, 0.25) is 0 Å². The van der Waals surface area contributed by atoms with Gasteiger partial charge in [-0.1, -0.05) is 18.2 Å². The van der Waals surface area contributed by atoms with E-state index in [1.165, 1.54) is 0 Å². The highest BCUT2D eigenvalue weighted by Gasteiger charge is 2.38. The number of carbonyl (C=O) groups is 2. The summed E-state index contributed by atoms with van der Waals surface area (Å²) in [4.78, 5) is 32.7. The van der Waals surface area contributed by atoms with Gasteiger partial charge in [0, 0.05) is 44.4 Å². The van der Waals surface area contributed by atoms with Crippen LogP contribution < -0.4 is 15.0 Å². The quantitative estimate of drug-likeness (QED) is 0.393. The van der Waals surface area contributed by atoms with Crippen LogP contribution in [0.5, 0.6) is 5.75 Å². The number of fused-ring (bicyclic) bond motifs is 11. The molecule has 2 unspecified atom stereocenters. The van der Waals surface area contributed by atoms with Crippen molar-refractivity contribution in [3.63, 3.8) is 0 Å². The first-order valence-corrected chi connectivity index (χ1v) is 15.7. The number of nitrogens with zero attached hydrogens (tertiary/aromatic N) is 4. The molecule has 4 bridgehead atoms. The van der Waals surface area contributed by atoms with E-state index in [0.717, 1.165) is 18.4 Å². The Balaban J connectivity index is 1.54. The van der Waals surface area contributed by atoms with Crippen LogP contribution in [-0.2, 0) is 20.7 Å². The fourth-order valence-electron chi connectivity index (χ4n) is 5.90. The number of aryl methyl sites for hydroxylation is 1. The average molecular weight is 624 g/mol. The van der Waals surface area contributed by atoms with E-state index < -0.39 is 29.7 Å². The van der Waals surface area contributed by atoms with E-state index in [-0.39, 0.29) is 17.8 Å². The molecule has 1 saturated heterocycles. The lowest BCUT2D eigenvalue weighted by atomic mass is 9.92. The zero-order valence-electron chi connectivity index (χ0n) is 26.8. The minimum atomic E-state index is -1.31. The number of anilines is 1. The third-order valence-corrected chi connectivity index (χ3v) is 8.29. The largest absolute Gasteiger partial charge is 0.493 e. The molecule has 3 aliphatic rings. The number of benzene rings is 1. The van der Waals surface area contributed by atoms with E-state index in [1.807, 2.05) is 45.0 Å². The van der Waals surface area contributed by atoms with Gasteiger partial charge in [-0.25, -0.2) is 9.78 Å². The summed E-state index contributed by atoms with van der Waals surface area (Å²) in [6.07, 6.45) is 1.22. The van der Waals surface area contributed by atoms with Crippen LogP contribution in [0.2, 0.25) is 0 Å². The average Bonchev–Trinajstić information content (AvgIpc) is 3.40. The van der Waals surface area contributed by atoms with E-state index in [0.29, 0.717) is 74.0 Å². The van der Waals surface area contributed by atoms with Crippen molar-refractivity contribution in [3.05, 3.63) is 52.8 Å². The topological polar surface area (TPSA) is 148 Å². The van der Waals surface area contributed by atoms with E-state index in [4.69, 9.17) is 14.2 Å². The molecule has 244 valence electrons. The molecule has 1 amide bonds. The van der Waals surface area contributed by atoms with Crippen LogP contribution in [0.25, 0.3) is 5.65 Å². The molecule has 0 radical (unpaired) electrons. The first-order chi connectivity index (χ1) is 21.3. The van der Waals surface area contributed by atoms with Gasteiger partial charge in [0.15, 0.2) is 17.4 Å². The molecule has 1 aromatic carbocycles. The van der Waals surface area contributed by atoms with Gasteiger partial charge in [-0.3, -0.25) is 4.79 Å². The number of ether oxygens (including phenoxy) is 3. The predicted octanol–water partition coefficient (Wildman–Crippen LogP) is 3.86. The number of amides is 1. The van der Waals surface area contributed by atoms with Gasteiger partial charge < -0.3 is 34.6 Å². The second-order valence-corrected chi connectivity index (χ2v) is 13.2. The summed E-state index contributed by atoms with van der Waals surface area (Å²) in [6, 6.07) is 9.18. The molecule has 1 fully saturated rings. The molecule has 0 aliphatic carbocycles. The Morgan fingerprint density at radius 1 is 1.18 bits per heavy atom. The zero-order valence-corrected chi connectivity index (χ0v) is 26.8. The molecule has 2 aromatic heterocycles. The van der Waals surface area contributed by atoms with E-state index in [2.05, 4.69) is 27.2 Å². The van der Waals surface area contributed by atoms with Crippen molar-refractivity contribution in [2.45, 2.75) is 90.1 Å². The number of rotatable bonds is 3. The van der Waals surface area contributed by atoms with Crippen LogP contribution in [0.1, 0.15) is 86.8 Å². The van der Waals surface area contributed by atoms with Gasteiger partial charge in [0.1, 0.15) is 11.6 Å². The lowest BCUT2D eigenvalue weighted by Crippen LogP contribution is -2.46. The first-order valence-electron chi connectivity index (χ1n) is 15.7. The Kier molecular flexibility index (Phi) is 9.66. The number of aromatic nitrogens is 3. The maximum absolute atomic E-state index is 13.3. The molecule has 45 heavy (non-hydrogen) atoms. The minimum Gasteiger partial charge on any atom is -0.493 e. The second-order valence-electron chi connectivity index (χ2n) is 13.2. The van der Waals surface area contributed by atoms with Crippen molar-refractivity contribution in [1.82, 2.24) is 19.9 Å². The summed E-state index contributed by atoms with van der Waals surface area (Å²) in [6.45, 7) is 11.6. The molecular weight excluding hydrogens is 578 g/mol. The standard InChI is InChI=1S/C33H45N5O7/c1-21-27(28(31(41)42)45-32(2,3)4)30-37-14-12-33(5,13-15-37)44-17-9-8-16-43-25-11-7-6-10-22(25)18-23(39)20-34-29(40)24-19-26(35-21)38(30)36-24/h6-7,10-11,19,23,28,39H,8-9,12-18,20H2,1-5H3,(H,34,40)(H,41,42). The molecule has 2 atom stereocenters. The van der Waals surface area contributed by atoms with E-state index in [9.17, 15) is 19.8 Å². The number of hydrogen-bond donors (Lipinski definition) is 3. The summed E-state index contributed by atoms with van der Waals surface area (Å²) in [7, 11) is 0. The zero-order chi connectivity index (χ0) is 32.4. The first kappa shape index (κ1) is 32.6. The molecule has 12 nitrogen and oxygen atoms in total. The molecule has 5 heterocycles. The number of para-hydroxylation sites is 1. The summed E-state index contributed by atoms with van der Waals surface area (Å²) in [5.74, 6) is -0.354. The number of hydrogen-bond acceptors (Lipinski definition) is 9. The summed E-state index contributed by atoms with van der Waals surface area (Å²) < 4.78 is 20.1. The number of aliphatic carboxylic acids is 1. The highest BCUT2D eigenvalue weighted by molar-refractivity contribution is 5.93. The molecule has 6 rings (SSSR count). The van der Waals surface area contributed by atoms with Gasteiger partial charge in [-0.15, -0.1) is 0 Å². The van der Waals surface area contributed by atoms with Crippen LogP contribution >= 0.6 is 0 Å². The maximum atomic E-state index is 13.3. The minimum absolute atomic E-state index is 0.00810. The normalized spacial score (nSPS) is 22.8. The summed E-state index contributed by atoms with van der Waals surface area (Å²) in [5.41, 5.74) is 1.16. The van der Waals surface area contributed by atoms with E-state index >= 15 is 0 Å². The molecule has 12 heteroatoms. The lowest BCUT2D eigenvalue weighted by molar-refractivity contribution is -0.160. The molecule has 0 spiro atoms. The fraction of sp³-hybridized carbons (Fsp3) is 0.576. The van der Waals surface area contributed by atoms with Crippen molar-refractivity contribution in [1.29, 1.82) is 0 Å². The Bertz CT molecular complexity index is 1520.